The molecule has 20 heavy (non-hydrogen) atoms. The predicted molar refractivity (Wildman–Crippen MR) is 73.8 cm³/mol. The zero-order valence-corrected chi connectivity index (χ0v) is 12.2. The van der Waals surface area contributed by atoms with Gasteiger partial charge in [0, 0.05) is 11.8 Å². The van der Waals surface area contributed by atoms with Crippen molar-refractivity contribution in [2.24, 2.45) is 0 Å². The molecule has 2 rings (SSSR count). The standard InChI is InChI=1S/C13H21N3O4/c1-8-6-16(12(19)14-10(8)18)11-13(2,15(3)4)5-9(7-17)20-11/h6,9,11,17H,5,7H2,1-4H3,(H,14,18,19)/t9-,11-,13-/m0/s1. The Hall–Kier alpha value is -1.44. The summed E-state index contributed by atoms with van der Waals surface area (Å²) in [4.78, 5) is 27.8. The average molecular weight is 283 g/mol. The molecule has 0 radical (unpaired) electrons. The maximum atomic E-state index is 12.0. The van der Waals surface area contributed by atoms with E-state index in [1.165, 1.54) is 10.8 Å². The largest absolute Gasteiger partial charge is 0.394 e. The molecule has 1 fully saturated rings. The van der Waals surface area contributed by atoms with Gasteiger partial charge in [-0.05, 0) is 34.4 Å². The highest BCUT2D eigenvalue weighted by atomic mass is 16.5. The van der Waals surface area contributed by atoms with Gasteiger partial charge in [0.2, 0.25) is 0 Å². The molecule has 1 aliphatic rings. The topological polar surface area (TPSA) is 87.6 Å². The van der Waals surface area contributed by atoms with Gasteiger partial charge in [0.1, 0.15) is 0 Å². The van der Waals surface area contributed by atoms with E-state index >= 15 is 0 Å². The zero-order chi connectivity index (χ0) is 15.1. The molecule has 7 nitrogen and oxygen atoms in total. The highest BCUT2D eigenvalue weighted by Gasteiger charge is 2.48. The molecular formula is C13H21N3O4. The number of H-pyrrole nitrogens is 1. The van der Waals surface area contributed by atoms with E-state index in [1.54, 1.807) is 6.92 Å². The van der Waals surface area contributed by atoms with Crippen LogP contribution in [0.5, 0.6) is 0 Å². The van der Waals surface area contributed by atoms with Gasteiger partial charge in [-0.3, -0.25) is 19.2 Å². The van der Waals surface area contributed by atoms with Crippen LogP contribution in [0, 0.1) is 6.92 Å². The van der Waals surface area contributed by atoms with Crippen molar-refractivity contribution < 1.29 is 9.84 Å². The number of aromatic nitrogens is 2. The van der Waals surface area contributed by atoms with Gasteiger partial charge >= 0.3 is 5.69 Å². The summed E-state index contributed by atoms with van der Waals surface area (Å²) >= 11 is 0. The molecular weight excluding hydrogens is 262 g/mol. The minimum absolute atomic E-state index is 0.100. The number of aliphatic hydroxyl groups excluding tert-OH is 1. The van der Waals surface area contributed by atoms with Crippen molar-refractivity contribution in [1.82, 2.24) is 14.5 Å². The highest BCUT2D eigenvalue weighted by molar-refractivity contribution is 5.05. The summed E-state index contributed by atoms with van der Waals surface area (Å²) < 4.78 is 7.19. The number of rotatable bonds is 3. The van der Waals surface area contributed by atoms with E-state index in [0.29, 0.717) is 12.0 Å². The van der Waals surface area contributed by atoms with Crippen LogP contribution in [0.3, 0.4) is 0 Å². The smallest absolute Gasteiger partial charge is 0.330 e. The van der Waals surface area contributed by atoms with Gasteiger partial charge in [0.25, 0.3) is 5.56 Å². The van der Waals surface area contributed by atoms with Crippen molar-refractivity contribution in [2.45, 2.75) is 38.1 Å². The Morgan fingerprint density at radius 2 is 2.20 bits per heavy atom. The van der Waals surface area contributed by atoms with Crippen LogP contribution in [0.4, 0.5) is 0 Å². The Balaban J connectivity index is 2.52. The number of aryl methyl sites for hydroxylation is 1. The van der Waals surface area contributed by atoms with Crippen LogP contribution < -0.4 is 11.2 Å². The first-order chi connectivity index (χ1) is 9.29. The number of hydrogen-bond acceptors (Lipinski definition) is 5. The average Bonchev–Trinajstić information content (AvgIpc) is 2.72. The van der Waals surface area contributed by atoms with Crippen LogP contribution in [0.15, 0.2) is 15.8 Å². The summed E-state index contributed by atoms with van der Waals surface area (Å²) in [5.41, 5.74) is -0.893. The molecule has 0 aromatic carbocycles. The maximum absolute atomic E-state index is 12.0. The first kappa shape index (κ1) is 15.0. The summed E-state index contributed by atoms with van der Waals surface area (Å²) in [6.07, 6.45) is 1.23. The number of nitrogens with one attached hydrogen (secondary N) is 1. The molecule has 0 aliphatic carbocycles. The van der Waals surface area contributed by atoms with Crippen molar-refractivity contribution in [2.75, 3.05) is 20.7 Å². The van der Waals surface area contributed by atoms with Gasteiger partial charge in [-0.2, -0.15) is 0 Å². The summed E-state index contributed by atoms with van der Waals surface area (Å²) in [5, 5.41) is 9.32. The van der Waals surface area contributed by atoms with E-state index in [4.69, 9.17) is 4.74 Å². The number of aromatic amines is 1. The van der Waals surface area contributed by atoms with Crippen molar-refractivity contribution >= 4 is 0 Å². The summed E-state index contributed by atoms with van der Waals surface area (Å²) in [6.45, 7) is 3.51. The van der Waals surface area contributed by atoms with Crippen LogP contribution in [-0.2, 0) is 4.74 Å². The lowest BCUT2D eigenvalue weighted by molar-refractivity contribution is -0.0599. The monoisotopic (exact) mass is 283 g/mol. The fraction of sp³-hybridized carbons (Fsp3) is 0.692. The molecule has 2 heterocycles. The molecule has 7 heteroatoms. The van der Waals surface area contributed by atoms with E-state index in [-0.39, 0.29) is 12.7 Å². The second kappa shape index (κ2) is 5.16. The van der Waals surface area contributed by atoms with Crippen molar-refractivity contribution in [3.05, 3.63) is 32.6 Å². The second-order valence-corrected chi connectivity index (χ2v) is 5.73. The lowest BCUT2D eigenvalue weighted by atomic mass is 9.94. The molecule has 112 valence electrons. The Bertz CT molecular complexity index is 606. The Morgan fingerprint density at radius 3 is 2.75 bits per heavy atom. The Labute approximate surface area is 116 Å². The fourth-order valence-electron chi connectivity index (χ4n) is 2.58. The van der Waals surface area contributed by atoms with Gasteiger partial charge in [-0.25, -0.2) is 4.79 Å². The first-order valence-corrected chi connectivity index (χ1v) is 6.55. The van der Waals surface area contributed by atoms with Crippen LogP contribution in [0.2, 0.25) is 0 Å². The van der Waals surface area contributed by atoms with Crippen molar-refractivity contribution in [1.29, 1.82) is 0 Å². The number of hydrogen-bond donors (Lipinski definition) is 2. The summed E-state index contributed by atoms with van der Waals surface area (Å²) in [5.74, 6) is 0. The number of ether oxygens (including phenoxy) is 1. The number of aliphatic hydroxyl groups is 1. The van der Waals surface area contributed by atoms with E-state index in [2.05, 4.69) is 4.98 Å². The molecule has 0 saturated carbocycles. The van der Waals surface area contributed by atoms with Gasteiger partial charge in [-0.1, -0.05) is 0 Å². The SMILES string of the molecule is Cc1cn([C@H]2O[C@H](CO)C[C@]2(C)N(C)C)c(=O)[nH]c1=O. The third kappa shape index (κ3) is 2.32. The van der Waals surface area contributed by atoms with E-state index < -0.39 is 23.0 Å². The van der Waals surface area contributed by atoms with Gasteiger partial charge < -0.3 is 9.84 Å². The molecule has 0 amide bonds. The van der Waals surface area contributed by atoms with E-state index in [0.717, 1.165) is 0 Å². The molecule has 0 unspecified atom stereocenters. The van der Waals surface area contributed by atoms with Gasteiger partial charge in [-0.15, -0.1) is 0 Å². The van der Waals surface area contributed by atoms with Crippen LogP contribution in [0.25, 0.3) is 0 Å². The Kier molecular flexibility index (Phi) is 3.86. The minimum Gasteiger partial charge on any atom is -0.394 e. The summed E-state index contributed by atoms with van der Waals surface area (Å²) in [6, 6.07) is 0. The van der Waals surface area contributed by atoms with E-state index in [1.807, 2.05) is 25.9 Å². The summed E-state index contributed by atoms with van der Waals surface area (Å²) in [7, 11) is 3.80. The highest BCUT2D eigenvalue weighted by Crippen LogP contribution is 2.40. The Morgan fingerprint density at radius 1 is 1.55 bits per heavy atom. The lowest BCUT2D eigenvalue weighted by Crippen LogP contribution is -2.49. The van der Waals surface area contributed by atoms with Gasteiger partial charge in [0.05, 0.1) is 18.2 Å². The van der Waals surface area contributed by atoms with E-state index in [9.17, 15) is 14.7 Å². The fourth-order valence-corrected chi connectivity index (χ4v) is 2.58. The normalized spacial score (nSPS) is 30.1. The molecule has 0 spiro atoms. The third-order valence-electron chi connectivity index (χ3n) is 4.12. The lowest BCUT2D eigenvalue weighted by Gasteiger charge is -2.37. The molecule has 1 aromatic rings. The third-order valence-corrected chi connectivity index (χ3v) is 4.12. The van der Waals surface area contributed by atoms with Crippen molar-refractivity contribution in [3.63, 3.8) is 0 Å². The quantitative estimate of drug-likeness (QED) is 0.777. The molecule has 1 saturated heterocycles. The zero-order valence-electron chi connectivity index (χ0n) is 12.2. The molecule has 1 aliphatic heterocycles. The molecule has 0 bridgehead atoms. The molecule has 1 aromatic heterocycles. The van der Waals surface area contributed by atoms with Crippen LogP contribution in [-0.4, -0.2) is 51.9 Å². The second-order valence-electron chi connectivity index (χ2n) is 5.73. The van der Waals surface area contributed by atoms with Crippen LogP contribution >= 0.6 is 0 Å². The van der Waals surface area contributed by atoms with Crippen molar-refractivity contribution in [3.8, 4) is 0 Å². The first-order valence-electron chi connectivity index (χ1n) is 6.55. The number of likely N-dealkylation sites (N-methyl/N-ethyl adjacent to an activating group) is 1. The molecule has 3 atom stereocenters. The maximum Gasteiger partial charge on any atom is 0.330 e. The minimum atomic E-state index is -0.558. The molecule has 2 N–H and O–H groups in total. The number of nitrogens with zero attached hydrogens (tertiary/aromatic N) is 2. The van der Waals surface area contributed by atoms with Crippen LogP contribution in [0.1, 0.15) is 25.1 Å². The predicted octanol–water partition coefficient (Wildman–Crippen LogP) is -0.555. The van der Waals surface area contributed by atoms with Gasteiger partial charge in [0.15, 0.2) is 6.23 Å².